The van der Waals surface area contributed by atoms with Crippen LogP contribution in [-0.4, -0.2) is 11.2 Å². The van der Waals surface area contributed by atoms with Crippen molar-refractivity contribution in [1.82, 2.24) is 5.48 Å². The Morgan fingerprint density at radius 2 is 2.00 bits per heavy atom. The van der Waals surface area contributed by atoms with Gasteiger partial charge in [-0.1, -0.05) is 30.3 Å². The molecule has 2 heteroatoms. The van der Waals surface area contributed by atoms with Crippen LogP contribution in [0, 0.1) is 0 Å². The van der Waals surface area contributed by atoms with E-state index in [1.165, 1.54) is 5.56 Å². The van der Waals surface area contributed by atoms with Gasteiger partial charge in [0.1, 0.15) is 0 Å². The third-order valence-electron chi connectivity index (χ3n) is 1.61. The van der Waals surface area contributed by atoms with Crippen LogP contribution in [0.1, 0.15) is 12.5 Å². The second kappa shape index (κ2) is 4.11. The molecule has 0 amide bonds. The Morgan fingerprint density at radius 3 is 2.55 bits per heavy atom. The van der Waals surface area contributed by atoms with Crippen molar-refractivity contribution in [2.75, 3.05) is 0 Å². The highest BCUT2D eigenvalue weighted by atomic mass is 16.5. The summed E-state index contributed by atoms with van der Waals surface area (Å²) in [7, 11) is 0. The number of hydroxylamine groups is 1. The molecule has 11 heavy (non-hydrogen) atoms. The smallest absolute Gasteiger partial charge is 0.0331 e. The summed E-state index contributed by atoms with van der Waals surface area (Å²) >= 11 is 0. The average molecular weight is 151 g/mol. The third kappa shape index (κ3) is 2.70. The molecule has 2 nitrogen and oxygen atoms in total. The molecule has 2 N–H and O–H groups in total. The van der Waals surface area contributed by atoms with Gasteiger partial charge in [0, 0.05) is 6.04 Å². The molecule has 0 unspecified atom stereocenters. The van der Waals surface area contributed by atoms with Gasteiger partial charge in [-0.3, -0.25) is 0 Å². The Labute approximate surface area is 66.8 Å². The van der Waals surface area contributed by atoms with E-state index >= 15 is 0 Å². The van der Waals surface area contributed by atoms with Crippen molar-refractivity contribution < 1.29 is 5.21 Å². The molecule has 0 fully saturated rings. The SMILES string of the molecule is C[C@@H](Cc1ccccc1)NO. The first kappa shape index (κ1) is 8.24. The van der Waals surface area contributed by atoms with Crippen molar-refractivity contribution in [2.45, 2.75) is 19.4 Å². The number of rotatable bonds is 3. The molecule has 0 saturated heterocycles. The molecule has 0 heterocycles. The summed E-state index contributed by atoms with van der Waals surface area (Å²) in [4.78, 5) is 0. The lowest BCUT2D eigenvalue weighted by molar-refractivity contribution is 0.133. The Hall–Kier alpha value is -0.860. The standard InChI is InChI=1S/C9H13NO/c1-8(10-11)7-9-5-3-2-4-6-9/h2-6,8,10-11H,7H2,1H3/t8-/m0/s1. The monoisotopic (exact) mass is 151 g/mol. The van der Waals surface area contributed by atoms with Crippen molar-refractivity contribution in [3.05, 3.63) is 35.9 Å². The Balaban J connectivity index is 2.51. The van der Waals surface area contributed by atoms with E-state index in [0.717, 1.165) is 6.42 Å². The predicted molar refractivity (Wildman–Crippen MR) is 44.5 cm³/mol. The Bertz CT molecular complexity index is 198. The fraction of sp³-hybridized carbons (Fsp3) is 0.333. The number of hydrogen-bond acceptors (Lipinski definition) is 2. The first-order valence-corrected chi connectivity index (χ1v) is 3.76. The van der Waals surface area contributed by atoms with Gasteiger partial charge in [0.25, 0.3) is 0 Å². The maximum absolute atomic E-state index is 8.55. The molecule has 1 atom stereocenters. The van der Waals surface area contributed by atoms with Gasteiger partial charge in [0.2, 0.25) is 0 Å². The zero-order valence-corrected chi connectivity index (χ0v) is 6.62. The third-order valence-corrected chi connectivity index (χ3v) is 1.61. The van der Waals surface area contributed by atoms with Crippen LogP contribution in [0.5, 0.6) is 0 Å². The van der Waals surface area contributed by atoms with Crippen LogP contribution < -0.4 is 5.48 Å². The first-order chi connectivity index (χ1) is 5.33. The molecular weight excluding hydrogens is 138 g/mol. The maximum Gasteiger partial charge on any atom is 0.0331 e. The number of nitrogens with one attached hydrogen (secondary N) is 1. The van der Waals surface area contributed by atoms with Gasteiger partial charge in [-0.2, -0.15) is 0 Å². The molecule has 0 aliphatic heterocycles. The number of benzene rings is 1. The lowest BCUT2D eigenvalue weighted by Crippen LogP contribution is -2.24. The van der Waals surface area contributed by atoms with E-state index in [4.69, 9.17) is 5.21 Å². The largest absolute Gasteiger partial charge is 0.317 e. The van der Waals surface area contributed by atoms with Crippen molar-refractivity contribution in [2.24, 2.45) is 0 Å². The van der Waals surface area contributed by atoms with Gasteiger partial charge < -0.3 is 5.21 Å². The second-order valence-corrected chi connectivity index (χ2v) is 2.72. The molecule has 0 spiro atoms. The van der Waals surface area contributed by atoms with Gasteiger partial charge >= 0.3 is 0 Å². The highest BCUT2D eigenvalue weighted by Crippen LogP contribution is 2.01. The minimum Gasteiger partial charge on any atom is -0.317 e. The van der Waals surface area contributed by atoms with Crippen molar-refractivity contribution >= 4 is 0 Å². The zero-order chi connectivity index (χ0) is 8.10. The topological polar surface area (TPSA) is 32.3 Å². The maximum atomic E-state index is 8.55. The summed E-state index contributed by atoms with van der Waals surface area (Å²) in [5.74, 6) is 0. The van der Waals surface area contributed by atoms with Crippen molar-refractivity contribution in [3.63, 3.8) is 0 Å². The number of hydrogen-bond donors (Lipinski definition) is 2. The van der Waals surface area contributed by atoms with E-state index in [1.54, 1.807) is 0 Å². The quantitative estimate of drug-likeness (QED) is 0.643. The van der Waals surface area contributed by atoms with E-state index in [9.17, 15) is 0 Å². The summed E-state index contributed by atoms with van der Waals surface area (Å²) < 4.78 is 0. The van der Waals surface area contributed by atoms with E-state index < -0.39 is 0 Å². The summed E-state index contributed by atoms with van der Waals surface area (Å²) in [5.41, 5.74) is 3.45. The highest BCUT2D eigenvalue weighted by Gasteiger charge is 1.98. The van der Waals surface area contributed by atoms with Gasteiger partial charge in [0.15, 0.2) is 0 Å². The van der Waals surface area contributed by atoms with Crippen LogP contribution in [0.25, 0.3) is 0 Å². The fourth-order valence-corrected chi connectivity index (χ4v) is 1.01. The van der Waals surface area contributed by atoms with E-state index in [-0.39, 0.29) is 6.04 Å². The molecule has 0 radical (unpaired) electrons. The molecule has 1 aromatic rings. The highest BCUT2D eigenvalue weighted by molar-refractivity contribution is 5.15. The normalized spacial score (nSPS) is 12.9. The van der Waals surface area contributed by atoms with E-state index in [0.29, 0.717) is 0 Å². The van der Waals surface area contributed by atoms with Crippen LogP contribution in [0.2, 0.25) is 0 Å². The fourth-order valence-electron chi connectivity index (χ4n) is 1.01. The van der Waals surface area contributed by atoms with Crippen molar-refractivity contribution in [1.29, 1.82) is 0 Å². The Morgan fingerprint density at radius 1 is 1.36 bits per heavy atom. The molecule has 60 valence electrons. The summed E-state index contributed by atoms with van der Waals surface area (Å²) in [6.07, 6.45) is 0.858. The Kier molecular flexibility index (Phi) is 3.08. The van der Waals surface area contributed by atoms with Crippen LogP contribution in [0.4, 0.5) is 0 Å². The molecule has 0 aromatic heterocycles. The molecule has 0 saturated carbocycles. The molecule has 1 aromatic carbocycles. The van der Waals surface area contributed by atoms with Gasteiger partial charge in [-0.15, -0.1) is 0 Å². The van der Waals surface area contributed by atoms with Crippen LogP contribution in [0.3, 0.4) is 0 Å². The van der Waals surface area contributed by atoms with Crippen molar-refractivity contribution in [3.8, 4) is 0 Å². The van der Waals surface area contributed by atoms with Crippen LogP contribution >= 0.6 is 0 Å². The molecule has 1 rings (SSSR count). The first-order valence-electron chi connectivity index (χ1n) is 3.76. The minimum absolute atomic E-state index is 0.123. The summed E-state index contributed by atoms with van der Waals surface area (Å²) in [6.45, 7) is 1.94. The molecular formula is C9H13NO. The second-order valence-electron chi connectivity index (χ2n) is 2.72. The molecule has 0 bridgehead atoms. The summed E-state index contributed by atoms with van der Waals surface area (Å²) in [6, 6.07) is 10.2. The molecule has 0 aliphatic rings. The molecule has 0 aliphatic carbocycles. The van der Waals surface area contributed by atoms with Gasteiger partial charge in [-0.05, 0) is 18.9 Å². The average Bonchev–Trinajstić information content (AvgIpc) is 2.06. The van der Waals surface area contributed by atoms with Crippen LogP contribution in [0.15, 0.2) is 30.3 Å². The lowest BCUT2D eigenvalue weighted by atomic mass is 10.1. The van der Waals surface area contributed by atoms with E-state index in [1.807, 2.05) is 37.3 Å². The zero-order valence-electron chi connectivity index (χ0n) is 6.62. The van der Waals surface area contributed by atoms with E-state index in [2.05, 4.69) is 5.48 Å². The minimum atomic E-state index is 0.123. The van der Waals surface area contributed by atoms with Gasteiger partial charge in [0.05, 0.1) is 0 Å². The lowest BCUT2D eigenvalue weighted by Gasteiger charge is -2.07. The predicted octanol–water partition coefficient (Wildman–Crippen LogP) is 1.60. The van der Waals surface area contributed by atoms with Gasteiger partial charge in [-0.25, -0.2) is 5.48 Å². The summed E-state index contributed by atoms with van der Waals surface area (Å²) in [5, 5.41) is 8.55. The van der Waals surface area contributed by atoms with Crippen LogP contribution in [-0.2, 0) is 6.42 Å².